The molecule has 28 heavy (non-hydrogen) atoms. The van der Waals surface area contributed by atoms with E-state index in [1.54, 1.807) is 24.3 Å². The van der Waals surface area contributed by atoms with Gasteiger partial charge >= 0.3 is 0 Å². The molecule has 0 bridgehead atoms. The van der Waals surface area contributed by atoms with Crippen LogP contribution in [0.15, 0.2) is 84.9 Å². The monoisotopic (exact) mass is 387 g/mol. The molecule has 3 nitrogen and oxygen atoms in total. The van der Waals surface area contributed by atoms with Crippen LogP contribution in [0.5, 0.6) is 0 Å². The highest BCUT2D eigenvalue weighted by atomic mass is 31.2. The highest BCUT2D eigenvalue weighted by molar-refractivity contribution is 7.78. The first-order valence-electron chi connectivity index (χ1n) is 9.37. The van der Waals surface area contributed by atoms with Crippen LogP contribution >= 0.6 is 7.14 Å². The number of carbonyl (C=O) groups excluding carboxylic acids is 1. The molecule has 0 spiro atoms. The van der Waals surface area contributed by atoms with Crippen molar-refractivity contribution in [3.63, 3.8) is 0 Å². The summed E-state index contributed by atoms with van der Waals surface area (Å²) in [5, 5.41) is 10.6. The Morgan fingerprint density at radius 3 is 1.82 bits per heavy atom. The van der Waals surface area contributed by atoms with Crippen LogP contribution in [0.1, 0.15) is 35.2 Å². The van der Waals surface area contributed by atoms with Crippen LogP contribution in [0.3, 0.4) is 0 Å². The normalized spacial score (nSPS) is 11.0. The van der Waals surface area contributed by atoms with E-state index < -0.39 is 7.14 Å². The minimum absolute atomic E-state index is 0.0544. The fourth-order valence-corrected chi connectivity index (χ4v) is 6.03. The van der Waals surface area contributed by atoms with Crippen LogP contribution in [0.25, 0.3) is 0 Å². The van der Waals surface area contributed by atoms with E-state index >= 15 is 0 Å². The molecule has 0 aliphatic carbocycles. The van der Waals surface area contributed by atoms with Gasteiger partial charge in [0.2, 0.25) is 0 Å². The molecule has 0 aromatic heterocycles. The number of hydrogen-bond donors (Lipinski definition) is 0. The average molecular weight is 387 g/mol. The third kappa shape index (κ3) is 4.66. The van der Waals surface area contributed by atoms with E-state index in [9.17, 15) is 9.36 Å². The summed E-state index contributed by atoms with van der Waals surface area (Å²) < 4.78 is 13.9. The number of unbranched alkanes of at least 4 members (excludes halogenated alkanes) is 1. The lowest BCUT2D eigenvalue weighted by atomic mass is 10.0. The Morgan fingerprint density at radius 1 is 0.786 bits per heavy atom. The van der Waals surface area contributed by atoms with Crippen molar-refractivity contribution in [2.75, 3.05) is 6.16 Å². The molecule has 0 amide bonds. The van der Waals surface area contributed by atoms with Crippen molar-refractivity contribution in [2.24, 2.45) is 0 Å². The number of rotatable bonds is 8. The lowest BCUT2D eigenvalue weighted by Crippen LogP contribution is -2.18. The Kier molecular flexibility index (Phi) is 6.58. The van der Waals surface area contributed by atoms with Crippen LogP contribution in [0, 0.1) is 11.3 Å². The van der Waals surface area contributed by atoms with Gasteiger partial charge in [0.1, 0.15) is 7.14 Å². The molecule has 3 aromatic rings. The maximum atomic E-state index is 13.9. The predicted octanol–water partition coefficient (Wildman–Crippen LogP) is 4.93. The van der Waals surface area contributed by atoms with Crippen LogP contribution in [0.4, 0.5) is 0 Å². The van der Waals surface area contributed by atoms with Gasteiger partial charge < -0.3 is 4.57 Å². The SMILES string of the molecule is N#Cc1ccc(C(=O)CCCCP(=O)(c2ccccc2)c2ccccc2)cc1. The minimum Gasteiger partial charge on any atom is -0.314 e. The number of benzene rings is 3. The van der Waals surface area contributed by atoms with Crippen molar-refractivity contribution in [3.8, 4) is 6.07 Å². The molecule has 3 rings (SSSR count). The summed E-state index contributed by atoms with van der Waals surface area (Å²) in [5.41, 5.74) is 1.16. The zero-order chi connectivity index (χ0) is 19.8. The standard InChI is InChI=1S/C24H22NO2P/c25-19-20-14-16-21(17-15-20)24(26)13-7-8-18-28(27,22-9-3-1-4-10-22)23-11-5-2-6-12-23/h1-6,9-12,14-17H,7-8,13,18H2. The smallest absolute Gasteiger partial charge is 0.162 e. The van der Waals surface area contributed by atoms with Crippen molar-refractivity contribution in [1.82, 2.24) is 0 Å². The Bertz CT molecular complexity index is 962. The molecule has 0 saturated carbocycles. The minimum atomic E-state index is -2.71. The van der Waals surface area contributed by atoms with Crippen molar-refractivity contribution in [2.45, 2.75) is 19.3 Å². The molecular weight excluding hydrogens is 365 g/mol. The summed E-state index contributed by atoms with van der Waals surface area (Å²) in [6.07, 6.45) is 2.35. The van der Waals surface area contributed by atoms with Gasteiger partial charge in [0.25, 0.3) is 0 Å². The molecule has 0 heterocycles. The number of ketones is 1. The fraction of sp³-hybridized carbons (Fsp3) is 0.167. The molecule has 0 unspecified atom stereocenters. The van der Waals surface area contributed by atoms with Gasteiger partial charge in [-0.2, -0.15) is 5.26 Å². The summed E-state index contributed by atoms with van der Waals surface area (Å²) in [7, 11) is -2.71. The van der Waals surface area contributed by atoms with E-state index in [2.05, 4.69) is 6.07 Å². The summed E-state index contributed by atoms with van der Waals surface area (Å²) >= 11 is 0. The number of nitriles is 1. The topological polar surface area (TPSA) is 57.9 Å². The van der Waals surface area contributed by atoms with E-state index in [4.69, 9.17) is 5.26 Å². The average Bonchev–Trinajstić information content (AvgIpc) is 2.77. The van der Waals surface area contributed by atoms with Gasteiger partial charge in [-0.3, -0.25) is 4.79 Å². The van der Waals surface area contributed by atoms with Crippen LogP contribution < -0.4 is 10.6 Å². The van der Waals surface area contributed by atoms with Crippen molar-refractivity contribution in [1.29, 1.82) is 5.26 Å². The fourth-order valence-electron chi connectivity index (χ4n) is 3.24. The van der Waals surface area contributed by atoms with Crippen molar-refractivity contribution < 1.29 is 9.36 Å². The van der Waals surface area contributed by atoms with Gasteiger partial charge in [0.15, 0.2) is 5.78 Å². The molecule has 0 saturated heterocycles. The molecule has 0 radical (unpaired) electrons. The number of nitrogens with zero attached hydrogens (tertiary/aromatic N) is 1. The molecule has 3 aromatic carbocycles. The maximum Gasteiger partial charge on any atom is 0.162 e. The number of Topliss-reactive ketones (excluding diaryl/α,β-unsaturated/α-hetero) is 1. The van der Waals surface area contributed by atoms with Crippen LogP contribution in [-0.2, 0) is 4.57 Å². The Balaban J connectivity index is 1.65. The first-order valence-corrected chi connectivity index (χ1v) is 11.3. The van der Waals surface area contributed by atoms with Gasteiger partial charge in [0.05, 0.1) is 11.6 Å². The predicted molar refractivity (Wildman–Crippen MR) is 114 cm³/mol. The molecule has 140 valence electrons. The number of hydrogen-bond acceptors (Lipinski definition) is 3. The molecule has 4 heteroatoms. The van der Waals surface area contributed by atoms with Crippen molar-refractivity contribution in [3.05, 3.63) is 96.1 Å². The zero-order valence-electron chi connectivity index (χ0n) is 15.6. The van der Waals surface area contributed by atoms with Gasteiger partial charge in [-0.25, -0.2) is 0 Å². The molecule has 0 aliphatic heterocycles. The van der Waals surface area contributed by atoms with Crippen LogP contribution in [-0.4, -0.2) is 11.9 Å². The van der Waals surface area contributed by atoms with E-state index in [1.807, 2.05) is 60.7 Å². The van der Waals surface area contributed by atoms with E-state index in [0.29, 0.717) is 36.6 Å². The van der Waals surface area contributed by atoms with Gasteiger partial charge in [-0.05, 0) is 25.0 Å². The highest BCUT2D eigenvalue weighted by Gasteiger charge is 2.26. The summed E-state index contributed by atoms with van der Waals surface area (Å²) in [4.78, 5) is 12.4. The van der Waals surface area contributed by atoms with E-state index in [-0.39, 0.29) is 5.78 Å². The molecule has 0 fully saturated rings. The van der Waals surface area contributed by atoms with E-state index in [0.717, 1.165) is 10.6 Å². The summed E-state index contributed by atoms with van der Waals surface area (Å²) in [6, 6.07) is 28.0. The molecule has 0 atom stereocenters. The summed E-state index contributed by atoms with van der Waals surface area (Å²) in [6.45, 7) is 0. The third-order valence-electron chi connectivity index (χ3n) is 4.81. The lowest BCUT2D eigenvalue weighted by Gasteiger charge is -2.19. The first kappa shape index (κ1) is 19.8. The Hall–Kier alpha value is -2.95. The summed E-state index contributed by atoms with van der Waals surface area (Å²) in [5.74, 6) is 0.0544. The van der Waals surface area contributed by atoms with Gasteiger partial charge in [-0.15, -0.1) is 0 Å². The quantitative estimate of drug-likeness (QED) is 0.313. The van der Waals surface area contributed by atoms with Crippen LogP contribution in [0.2, 0.25) is 0 Å². The zero-order valence-corrected chi connectivity index (χ0v) is 16.5. The van der Waals surface area contributed by atoms with Gasteiger partial charge in [0, 0.05) is 28.8 Å². The molecule has 0 aliphatic rings. The number of carbonyl (C=O) groups is 1. The molecular formula is C24H22NO2P. The second-order valence-corrected chi connectivity index (χ2v) is 9.66. The Labute approximate surface area is 166 Å². The highest BCUT2D eigenvalue weighted by Crippen LogP contribution is 2.44. The first-order chi connectivity index (χ1) is 13.6. The third-order valence-corrected chi connectivity index (χ3v) is 8.02. The van der Waals surface area contributed by atoms with Crippen molar-refractivity contribution >= 4 is 23.5 Å². The molecule has 0 N–H and O–H groups in total. The Morgan fingerprint density at radius 2 is 1.32 bits per heavy atom. The second kappa shape index (κ2) is 9.31. The largest absolute Gasteiger partial charge is 0.314 e. The second-order valence-electron chi connectivity index (χ2n) is 6.70. The lowest BCUT2D eigenvalue weighted by molar-refractivity contribution is 0.0980. The van der Waals surface area contributed by atoms with Gasteiger partial charge in [-0.1, -0.05) is 72.8 Å². The van der Waals surface area contributed by atoms with E-state index in [1.165, 1.54) is 0 Å². The maximum absolute atomic E-state index is 13.9.